The molecule has 0 aliphatic carbocycles. The summed E-state index contributed by atoms with van der Waals surface area (Å²) >= 11 is 11.4. The standard InChI is InChI=1S/C8H7Cl2NO2/c1-13-8(11-12)5-2-3-6(9)7(10)4-5/h2-4,12H,1H3/b11-8+. The molecule has 13 heavy (non-hydrogen) atoms. The summed E-state index contributed by atoms with van der Waals surface area (Å²) in [4.78, 5) is 0. The zero-order chi connectivity index (χ0) is 9.84. The van der Waals surface area contributed by atoms with E-state index < -0.39 is 0 Å². The minimum Gasteiger partial charge on any atom is -0.479 e. The van der Waals surface area contributed by atoms with Crippen molar-refractivity contribution >= 4 is 29.1 Å². The highest BCUT2D eigenvalue weighted by atomic mass is 35.5. The molecule has 0 bridgehead atoms. The first-order chi connectivity index (χ1) is 6.19. The Morgan fingerprint density at radius 2 is 2.08 bits per heavy atom. The minimum atomic E-state index is 0.0959. The van der Waals surface area contributed by atoms with E-state index in [2.05, 4.69) is 5.16 Å². The molecule has 0 aliphatic rings. The van der Waals surface area contributed by atoms with Crippen molar-refractivity contribution in [2.24, 2.45) is 5.16 Å². The second-order valence-electron chi connectivity index (χ2n) is 2.24. The number of hydrogen-bond donors (Lipinski definition) is 1. The summed E-state index contributed by atoms with van der Waals surface area (Å²) in [6.45, 7) is 0. The van der Waals surface area contributed by atoms with Gasteiger partial charge in [0.1, 0.15) is 0 Å². The maximum atomic E-state index is 8.53. The number of rotatable bonds is 1. The van der Waals surface area contributed by atoms with Gasteiger partial charge in [-0.15, -0.1) is 0 Å². The van der Waals surface area contributed by atoms with Crippen molar-refractivity contribution in [3.8, 4) is 0 Å². The van der Waals surface area contributed by atoms with Gasteiger partial charge in [0.15, 0.2) is 0 Å². The molecule has 0 unspecified atom stereocenters. The molecule has 0 fully saturated rings. The lowest BCUT2D eigenvalue weighted by atomic mass is 10.2. The van der Waals surface area contributed by atoms with E-state index in [1.54, 1.807) is 18.2 Å². The first-order valence-corrected chi connectivity index (χ1v) is 4.16. The van der Waals surface area contributed by atoms with Crippen LogP contribution in [-0.4, -0.2) is 18.2 Å². The SMILES string of the molecule is CO/C(=N/O)c1ccc(Cl)c(Cl)c1. The molecule has 0 saturated carbocycles. The third kappa shape index (κ3) is 2.26. The highest BCUT2D eigenvalue weighted by Crippen LogP contribution is 2.22. The molecule has 0 aliphatic heterocycles. The van der Waals surface area contributed by atoms with Crippen LogP contribution in [0.15, 0.2) is 23.4 Å². The highest BCUT2D eigenvalue weighted by molar-refractivity contribution is 6.42. The Kier molecular flexibility index (Phi) is 3.39. The van der Waals surface area contributed by atoms with Crippen LogP contribution in [0.25, 0.3) is 0 Å². The molecule has 0 radical (unpaired) electrons. The average Bonchev–Trinajstić information content (AvgIpc) is 2.13. The van der Waals surface area contributed by atoms with Crippen LogP contribution in [0.3, 0.4) is 0 Å². The predicted molar refractivity (Wildman–Crippen MR) is 51.8 cm³/mol. The smallest absolute Gasteiger partial charge is 0.257 e. The van der Waals surface area contributed by atoms with Gasteiger partial charge >= 0.3 is 0 Å². The van der Waals surface area contributed by atoms with Gasteiger partial charge in [-0.2, -0.15) is 0 Å². The van der Waals surface area contributed by atoms with Gasteiger partial charge in [-0.1, -0.05) is 23.2 Å². The van der Waals surface area contributed by atoms with E-state index in [0.717, 1.165) is 0 Å². The number of nitrogens with zero attached hydrogens (tertiary/aromatic N) is 1. The van der Waals surface area contributed by atoms with Crippen LogP contribution in [0.2, 0.25) is 10.0 Å². The summed E-state index contributed by atoms with van der Waals surface area (Å²) in [6.07, 6.45) is 0. The number of benzene rings is 1. The third-order valence-corrected chi connectivity index (χ3v) is 2.19. The lowest BCUT2D eigenvalue weighted by Gasteiger charge is -2.03. The molecular formula is C8H7Cl2NO2. The molecule has 70 valence electrons. The van der Waals surface area contributed by atoms with E-state index in [1.807, 2.05) is 0 Å². The minimum absolute atomic E-state index is 0.0959. The number of methoxy groups -OCH3 is 1. The van der Waals surface area contributed by atoms with Crippen LogP contribution in [-0.2, 0) is 4.74 Å². The van der Waals surface area contributed by atoms with Gasteiger partial charge in [-0.25, -0.2) is 0 Å². The number of halogens is 2. The Morgan fingerprint density at radius 1 is 1.38 bits per heavy atom. The monoisotopic (exact) mass is 219 g/mol. The lowest BCUT2D eigenvalue weighted by molar-refractivity contribution is 0.287. The largest absolute Gasteiger partial charge is 0.479 e. The van der Waals surface area contributed by atoms with Crippen LogP contribution in [0.1, 0.15) is 5.56 Å². The van der Waals surface area contributed by atoms with Crippen molar-refractivity contribution in [3.05, 3.63) is 33.8 Å². The second-order valence-corrected chi connectivity index (χ2v) is 3.05. The Hall–Kier alpha value is -0.930. The fourth-order valence-corrected chi connectivity index (χ4v) is 1.14. The van der Waals surface area contributed by atoms with Gasteiger partial charge in [0.05, 0.1) is 17.2 Å². The Balaban J connectivity index is 3.10. The van der Waals surface area contributed by atoms with Crippen molar-refractivity contribution in [1.29, 1.82) is 0 Å². The predicted octanol–water partition coefficient (Wildman–Crippen LogP) is 2.78. The quantitative estimate of drug-likeness (QED) is 0.342. The van der Waals surface area contributed by atoms with Gasteiger partial charge < -0.3 is 9.94 Å². The molecule has 1 aromatic rings. The second kappa shape index (κ2) is 4.35. The molecule has 0 aromatic heterocycles. The number of hydrogen-bond acceptors (Lipinski definition) is 3. The zero-order valence-corrected chi connectivity index (χ0v) is 8.30. The van der Waals surface area contributed by atoms with E-state index >= 15 is 0 Å². The van der Waals surface area contributed by atoms with E-state index in [-0.39, 0.29) is 5.90 Å². The molecule has 5 heteroatoms. The van der Waals surface area contributed by atoms with Crippen LogP contribution < -0.4 is 0 Å². The highest BCUT2D eigenvalue weighted by Gasteiger charge is 2.06. The summed E-state index contributed by atoms with van der Waals surface area (Å²) in [5.74, 6) is 0.0959. The molecule has 1 aromatic carbocycles. The molecule has 1 rings (SSSR count). The van der Waals surface area contributed by atoms with Crippen molar-refractivity contribution in [2.75, 3.05) is 7.11 Å². The molecule has 0 heterocycles. The van der Waals surface area contributed by atoms with Crippen molar-refractivity contribution < 1.29 is 9.94 Å². The van der Waals surface area contributed by atoms with Gasteiger partial charge in [0.2, 0.25) is 0 Å². The molecular weight excluding hydrogens is 213 g/mol. The Labute approximate surface area is 85.5 Å². The molecule has 1 N–H and O–H groups in total. The van der Waals surface area contributed by atoms with Crippen LogP contribution >= 0.6 is 23.2 Å². The van der Waals surface area contributed by atoms with E-state index in [9.17, 15) is 0 Å². The fourth-order valence-electron chi connectivity index (χ4n) is 0.846. The van der Waals surface area contributed by atoms with Crippen LogP contribution in [0.5, 0.6) is 0 Å². The van der Waals surface area contributed by atoms with Crippen molar-refractivity contribution in [1.82, 2.24) is 0 Å². The molecule has 0 saturated heterocycles. The number of ether oxygens (including phenoxy) is 1. The first-order valence-electron chi connectivity index (χ1n) is 3.40. The summed E-state index contributed by atoms with van der Waals surface area (Å²) in [5, 5.41) is 12.3. The molecule has 3 nitrogen and oxygen atoms in total. The molecule has 0 spiro atoms. The van der Waals surface area contributed by atoms with Gasteiger partial charge in [-0.05, 0) is 23.4 Å². The zero-order valence-electron chi connectivity index (χ0n) is 6.79. The fraction of sp³-hybridized carbons (Fsp3) is 0.125. The maximum absolute atomic E-state index is 8.53. The van der Waals surface area contributed by atoms with E-state index in [0.29, 0.717) is 15.6 Å². The summed E-state index contributed by atoms with van der Waals surface area (Å²) in [7, 11) is 1.40. The van der Waals surface area contributed by atoms with Crippen molar-refractivity contribution in [3.63, 3.8) is 0 Å². The summed E-state index contributed by atoms with van der Waals surface area (Å²) < 4.78 is 4.78. The third-order valence-electron chi connectivity index (χ3n) is 1.45. The Bertz CT molecular complexity index is 339. The normalized spacial score (nSPS) is 11.5. The number of oxime groups is 1. The van der Waals surface area contributed by atoms with Gasteiger partial charge in [0.25, 0.3) is 5.90 Å². The Morgan fingerprint density at radius 3 is 2.54 bits per heavy atom. The van der Waals surface area contributed by atoms with E-state index in [4.69, 9.17) is 33.1 Å². The van der Waals surface area contributed by atoms with Crippen LogP contribution in [0, 0.1) is 0 Å². The van der Waals surface area contributed by atoms with Crippen LogP contribution in [0.4, 0.5) is 0 Å². The summed E-state index contributed by atoms with van der Waals surface area (Å²) in [5.41, 5.74) is 0.569. The first kappa shape index (κ1) is 10.2. The molecule has 0 amide bonds. The lowest BCUT2D eigenvalue weighted by Crippen LogP contribution is -2.02. The summed E-state index contributed by atoms with van der Waals surface area (Å²) in [6, 6.07) is 4.80. The van der Waals surface area contributed by atoms with Crippen molar-refractivity contribution in [2.45, 2.75) is 0 Å². The average molecular weight is 220 g/mol. The molecule has 0 atom stereocenters. The van der Waals surface area contributed by atoms with Gasteiger partial charge in [0, 0.05) is 5.56 Å². The maximum Gasteiger partial charge on any atom is 0.257 e. The van der Waals surface area contributed by atoms with Gasteiger partial charge in [-0.3, -0.25) is 0 Å². The topological polar surface area (TPSA) is 41.8 Å². The van der Waals surface area contributed by atoms with E-state index in [1.165, 1.54) is 7.11 Å².